The molecular weight excluding hydrogens is 218 g/mol. The van der Waals surface area contributed by atoms with Gasteiger partial charge in [-0.1, -0.05) is 37.6 Å². The van der Waals surface area contributed by atoms with Crippen LogP contribution in [0.2, 0.25) is 0 Å². The largest absolute Gasteiger partial charge is 0.317 e. The van der Waals surface area contributed by atoms with E-state index in [0.717, 1.165) is 11.8 Å². The highest BCUT2D eigenvalue weighted by atomic mass is 14.9. The summed E-state index contributed by atoms with van der Waals surface area (Å²) in [6.45, 7) is 4.58. The smallest absolute Gasteiger partial charge is 0.00957 e. The van der Waals surface area contributed by atoms with Crippen LogP contribution in [0, 0.1) is 18.8 Å². The van der Waals surface area contributed by atoms with E-state index in [1.54, 1.807) is 5.56 Å². The third-order valence-corrected chi connectivity index (χ3v) is 4.78. The Balaban J connectivity index is 2.07. The normalized spacial score (nSPS) is 28.3. The molecule has 0 saturated heterocycles. The van der Waals surface area contributed by atoms with E-state index in [2.05, 4.69) is 50.5 Å². The molecule has 2 rings (SSSR count). The summed E-state index contributed by atoms with van der Waals surface area (Å²) in [4.78, 5) is 0. The van der Waals surface area contributed by atoms with E-state index in [1.165, 1.54) is 37.7 Å². The third kappa shape index (κ3) is 3.14. The maximum Gasteiger partial charge on any atom is 0.00957 e. The molecule has 1 aliphatic rings. The Labute approximate surface area is 112 Å². The van der Waals surface area contributed by atoms with Crippen LogP contribution in [0.15, 0.2) is 24.3 Å². The molecule has 1 heteroatoms. The second kappa shape index (κ2) is 6.38. The first kappa shape index (κ1) is 13.6. The molecule has 1 fully saturated rings. The van der Waals surface area contributed by atoms with Gasteiger partial charge >= 0.3 is 0 Å². The lowest BCUT2D eigenvalue weighted by molar-refractivity contribution is 0.205. The zero-order chi connectivity index (χ0) is 13.0. The van der Waals surface area contributed by atoms with Gasteiger partial charge < -0.3 is 5.32 Å². The molecule has 0 heterocycles. The lowest BCUT2D eigenvalue weighted by Crippen LogP contribution is -2.39. The van der Waals surface area contributed by atoms with Gasteiger partial charge in [-0.2, -0.15) is 0 Å². The van der Waals surface area contributed by atoms with Crippen LogP contribution in [-0.2, 0) is 6.42 Å². The molecule has 0 amide bonds. The van der Waals surface area contributed by atoms with E-state index in [4.69, 9.17) is 0 Å². The highest BCUT2D eigenvalue weighted by molar-refractivity contribution is 5.26. The number of benzene rings is 1. The summed E-state index contributed by atoms with van der Waals surface area (Å²) >= 11 is 0. The van der Waals surface area contributed by atoms with Crippen LogP contribution in [-0.4, -0.2) is 13.1 Å². The summed E-state index contributed by atoms with van der Waals surface area (Å²) in [5.41, 5.74) is 2.99. The number of aryl methyl sites for hydroxylation is 1. The van der Waals surface area contributed by atoms with Crippen LogP contribution in [0.5, 0.6) is 0 Å². The van der Waals surface area contributed by atoms with Crippen LogP contribution in [0.4, 0.5) is 0 Å². The van der Waals surface area contributed by atoms with Gasteiger partial charge in [-0.3, -0.25) is 0 Å². The summed E-state index contributed by atoms with van der Waals surface area (Å²) in [6.07, 6.45) is 6.75. The third-order valence-electron chi connectivity index (χ3n) is 4.78. The molecule has 1 saturated carbocycles. The second-order valence-corrected chi connectivity index (χ2v) is 5.87. The average Bonchev–Trinajstić information content (AvgIpc) is 2.41. The SMILES string of the molecule is CCC1CCC(NC)C(Cc2ccccc2C)C1. The Morgan fingerprint density at radius 3 is 2.67 bits per heavy atom. The lowest BCUT2D eigenvalue weighted by atomic mass is 9.74. The van der Waals surface area contributed by atoms with Crippen molar-refractivity contribution in [2.75, 3.05) is 7.05 Å². The quantitative estimate of drug-likeness (QED) is 0.847. The van der Waals surface area contributed by atoms with E-state index in [0.29, 0.717) is 6.04 Å². The first-order valence-corrected chi connectivity index (χ1v) is 7.46. The van der Waals surface area contributed by atoms with Gasteiger partial charge in [0.2, 0.25) is 0 Å². The van der Waals surface area contributed by atoms with Gasteiger partial charge in [-0.25, -0.2) is 0 Å². The van der Waals surface area contributed by atoms with Crippen molar-refractivity contribution in [3.8, 4) is 0 Å². The molecule has 1 aromatic carbocycles. The van der Waals surface area contributed by atoms with Crippen LogP contribution in [0.1, 0.15) is 43.7 Å². The predicted molar refractivity (Wildman–Crippen MR) is 78.9 cm³/mol. The van der Waals surface area contributed by atoms with Crippen LogP contribution >= 0.6 is 0 Å². The molecule has 0 spiro atoms. The Morgan fingerprint density at radius 2 is 2.00 bits per heavy atom. The summed E-state index contributed by atoms with van der Waals surface area (Å²) in [5, 5.41) is 3.54. The maximum absolute atomic E-state index is 3.54. The fourth-order valence-electron chi connectivity index (χ4n) is 3.46. The molecular formula is C17H27N. The summed E-state index contributed by atoms with van der Waals surface area (Å²) in [6, 6.07) is 9.58. The lowest BCUT2D eigenvalue weighted by Gasteiger charge is -2.36. The highest BCUT2D eigenvalue weighted by Gasteiger charge is 2.28. The van der Waals surface area contributed by atoms with Gasteiger partial charge in [0.05, 0.1) is 0 Å². The predicted octanol–water partition coefficient (Wildman–Crippen LogP) is 3.95. The van der Waals surface area contributed by atoms with E-state index < -0.39 is 0 Å². The van der Waals surface area contributed by atoms with Crippen molar-refractivity contribution in [3.05, 3.63) is 35.4 Å². The minimum Gasteiger partial charge on any atom is -0.317 e. The fourth-order valence-corrected chi connectivity index (χ4v) is 3.46. The molecule has 0 aliphatic heterocycles. The number of hydrogen-bond acceptors (Lipinski definition) is 1. The maximum atomic E-state index is 3.54. The number of rotatable bonds is 4. The van der Waals surface area contributed by atoms with E-state index in [1.807, 2.05) is 0 Å². The molecule has 0 bridgehead atoms. The molecule has 1 aliphatic carbocycles. The van der Waals surface area contributed by atoms with Crippen LogP contribution < -0.4 is 5.32 Å². The summed E-state index contributed by atoms with van der Waals surface area (Å²) < 4.78 is 0. The Bertz CT molecular complexity index is 372. The standard InChI is InChI=1S/C17H27N/c1-4-14-9-10-17(18-3)16(11-14)12-15-8-6-5-7-13(15)2/h5-8,14,16-18H,4,9-12H2,1-3H3. The van der Waals surface area contributed by atoms with Crippen LogP contribution in [0.3, 0.4) is 0 Å². The topological polar surface area (TPSA) is 12.0 Å². The molecule has 1 N–H and O–H groups in total. The van der Waals surface area contributed by atoms with E-state index in [9.17, 15) is 0 Å². The molecule has 100 valence electrons. The number of nitrogens with one attached hydrogen (secondary N) is 1. The molecule has 3 unspecified atom stereocenters. The fraction of sp³-hybridized carbons (Fsp3) is 0.647. The molecule has 1 nitrogen and oxygen atoms in total. The van der Waals surface area contributed by atoms with Gasteiger partial charge in [0.1, 0.15) is 0 Å². The van der Waals surface area contributed by atoms with Crippen molar-refractivity contribution in [1.29, 1.82) is 0 Å². The number of hydrogen-bond donors (Lipinski definition) is 1. The second-order valence-electron chi connectivity index (χ2n) is 5.87. The van der Waals surface area contributed by atoms with Gasteiger partial charge in [0.15, 0.2) is 0 Å². The first-order chi connectivity index (χ1) is 8.74. The zero-order valence-electron chi connectivity index (χ0n) is 12.1. The monoisotopic (exact) mass is 245 g/mol. The molecule has 0 radical (unpaired) electrons. The van der Waals surface area contributed by atoms with Gasteiger partial charge in [0.25, 0.3) is 0 Å². The Morgan fingerprint density at radius 1 is 1.22 bits per heavy atom. The van der Waals surface area contributed by atoms with E-state index >= 15 is 0 Å². The van der Waals surface area contributed by atoms with E-state index in [-0.39, 0.29) is 0 Å². The highest BCUT2D eigenvalue weighted by Crippen LogP contribution is 2.33. The molecule has 3 atom stereocenters. The van der Waals surface area contributed by atoms with Crippen molar-refractivity contribution in [3.63, 3.8) is 0 Å². The Hall–Kier alpha value is -0.820. The van der Waals surface area contributed by atoms with Gasteiger partial charge in [0, 0.05) is 6.04 Å². The molecule has 1 aromatic rings. The first-order valence-electron chi connectivity index (χ1n) is 7.46. The minimum atomic E-state index is 0.715. The van der Waals surface area contributed by atoms with Gasteiger partial charge in [-0.15, -0.1) is 0 Å². The average molecular weight is 245 g/mol. The summed E-state index contributed by atoms with van der Waals surface area (Å²) in [7, 11) is 2.13. The van der Waals surface area contributed by atoms with Gasteiger partial charge in [-0.05, 0) is 62.6 Å². The Kier molecular flexibility index (Phi) is 4.82. The minimum absolute atomic E-state index is 0.715. The van der Waals surface area contributed by atoms with Crippen molar-refractivity contribution >= 4 is 0 Å². The van der Waals surface area contributed by atoms with Crippen molar-refractivity contribution < 1.29 is 0 Å². The van der Waals surface area contributed by atoms with Crippen LogP contribution in [0.25, 0.3) is 0 Å². The van der Waals surface area contributed by atoms with Crippen molar-refractivity contribution in [1.82, 2.24) is 5.32 Å². The molecule has 18 heavy (non-hydrogen) atoms. The zero-order valence-corrected chi connectivity index (χ0v) is 12.1. The van der Waals surface area contributed by atoms with Crippen molar-refractivity contribution in [2.24, 2.45) is 11.8 Å². The summed E-state index contributed by atoms with van der Waals surface area (Å²) in [5.74, 6) is 1.76. The molecule has 0 aromatic heterocycles. The van der Waals surface area contributed by atoms with Crippen molar-refractivity contribution in [2.45, 2.75) is 52.0 Å².